The lowest BCUT2D eigenvalue weighted by atomic mass is 10.1. The van der Waals surface area contributed by atoms with Crippen molar-refractivity contribution < 1.29 is 18.7 Å². The molecule has 2 rings (SSSR count). The minimum absolute atomic E-state index is 0.122. The van der Waals surface area contributed by atoms with E-state index in [0.717, 1.165) is 12.1 Å². The lowest BCUT2D eigenvalue weighted by molar-refractivity contribution is -0.128. The predicted molar refractivity (Wildman–Crippen MR) is 81.7 cm³/mol. The number of aliphatic hydroxyl groups excluding tert-OH is 1. The van der Waals surface area contributed by atoms with E-state index in [-0.39, 0.29) is 30.3 Å². The first-order chi connectivity index (χ1) is 10.8. The third kappa shape index (κ3) is 3.24. The molecular weight excluding hydrogens is 304 g/mol. The zero-order valence-corrected chi connectivity index (χ0v) is 13.2. The molecule has 7 heteroatoms. The van der Waals surface area contributed by atoms with Gasteiger partial charge < -0.3 is 10.4 Å². The molecule has 0 spiro atoms. The zero-order valence-electron chi connectivity index (χ0n) is 13.2. The second-order valence-electron chi connectivity index (χ2n) is 5.74. The number of nitrogens with one attached hydrogen (secondary N) is 1. The molecule has 2 aromatic rings. The number of aryl methyl sites for hydroxylation is 1. The molecule has 124 valence electrons. The van der Waals surface area contributed by atoms with Crippen LogP contribution in [0.15, 0.2) is 24.4 Å². The summed E-state index contributed by atoms with van der Waals surface area (Å²) in [6.45, 7) is 4.89. The fraction of sp³-hybridized carbons (Fsp3) is 0.375. The summed E-state index contributed by atoms with van der Waals surface area (Å²) in [4.78, 5) is 12.2. The topological polar surface area (TPSA) is 67.2 Å². The quantitative estimate of drug-likeness (QED) is 0.884. The third-order valence-electron chi connectivity index (χ3n) is 3.62. The number of rotatable bonds is 5. The molecule has 1 aromatic carbocycles. The van der Waals surface area contributed by atoms with Crippen molar-refractivity contribution in [1.29, 1.82) is 0 Å². The summed E-state index contributed by atoms with van der Waals surface area (Å²) in [7, 11) is 0. The number of amides is 1. The fourth-order valence-corrected chi connectivity index (χ4v) is 2.21. The number of carbonyl (C=O) groups excluding carboxylic acids is 1. The van der Waals surface area contributed by atoms with Gasteiger partial charge in [0.2, 0.25) is 5.91 Å². The van der Waals surface area contributed by atoms with Crippen molar-refractivity contribution in [3.05, 3.63) is 41.6 Å². The normalized spacial score (nSPS) is 11.6. The van der Waals surface area contributed by atoms with E-state index in [1.165, 1.54) is 10.7 Å². The Morgan fingerprint density at radius 3 is 2.52 bits per heavy atom. The maximum absolute atomic E-state index is 14.0. The number of nitrogens with zero attached hydrogens (tertiary/aromatic N) is 2. The molecule has 1 aromatic heterocycles. The summed E-state index contributed by atoms with van der Waals surface area (Å²) < 4.78 is 29.3. The molecule has 0 radical (unpaired) electrons. The first kappa shape index (κ1) is 17.1. The summed E-state index contributed by atoms with van der Waals surface area (Å²) in [5.41, 5.74) is -0.573. The van der Waals surface area contributed by atoms with Gasteiger partial charge in [0.15, 0.2) is 0 Å². The zero-order chi connectivity index (χ0) is 17.2. The van der Waals surface area contributed by atoms with Gasteiger partial charge in [-0.15, -0.1) is 0 Å². The molecule has 5 nitrogen and oxygen atoms in total. The number of hydrogen-bond donors (Lipinski definition) is 2. The summed E-state index contributed by atoms with van der Waals surface area (Å²) in [5.74, 6) is -1.77. The highest BCUT2D eigenvalue weighted by Gasteiger charge is 2.31. The van der Waals surface area contributed by atoms with Gasteiger partial charge in [-0.25, -0.2) is 8.78 Å². The third-order valence-corrected chi connectivity index (χ3v) is 3.62. The van der Waals surface area contributed by atoms with E-state index in [4.69, 9.17) is 5.11 Å². The van der Waals surface area contributed by atoms with Gasteiger partial charge in [0.05, 0.1) is 12.2 Å². The number of halogens is 2. The molecule has 0 aliphatic carbocycles. The standard InChI is InChI=1S/C16H19F2N3O2/c1-10-9-21(16(2,3)15(23)19-7-8-22)20-14(10)13-11(17)5-4-6-12(13)18/h4-6,9,22H,7-8H2,1-3H3,(H,19,23). The van der Waals surface area contributed by atoms with E-state index >= 15 is 0 Å². The van der Waals surface area contributed by atoms with Crippen molar-refractivity contribution in [3.8, 4) is 11.3 Å². The minimum atomic E-state index is -1.07. The van der Waals surface area contributed by atoms with Crippen LogP contribution in [0.25, 0.3) is 11.3 Å². The van der Waals surface area contributed by atoms with Gasteiger partial charge in [-0.05, 0) is 38.5 Å². The minimum Gasteiger partial charge on any atom is -0.395 e. The number of benzene rings is 1. The number of hydrogen-bond acceptors (Lipinski definition) is 3. The molecule has 0 unspecified atom stereocenters. The highest BCUT2D eigenvalue weighted by molar-refractivity contribution is 5.83. The summed E-state index contributed by atoms with van der Waals surface area (Å²) in [6.07, 6.45) is 1.57. The first-order valence-electron chi connectivity index (χ1n) is 7.19. The lowest BCUT2D eigenvalue weighted by Crippen LogP contribution is -2.45. The van der Waals surface area contributed by atoms with Crippen molar-refractivity contribution in [2.75, 3.05) is 13.2 Å². The lowest BCUT2D eigenvalue weighted by Gasteiger charge is -2.24. The molecule has 2 N–H and O–H groups in total. The molecule has 0 saturated carbocycles. The molecule has 1 heterocycles. The average Bonchev–Trinajstić information content (AvgIpc) is 2.87. The van der Waals surface area contributed by atoms with Gasteiger partial charge in [-0.3, -0.25) is 9.48 Å². The van der Waals surface area contributed by atoms with Gasteiger partial charge in [0.25, 0.3) is 0 Å². The van der Waals surface area contributed by atoms with Crippen LogP contribution in [0.4, 0.5) is 8.78 Å². The molecule has 0 bridgehead atoms. The summed E-state index contributed by atoms with van der Waals surface area (Å²) in [6, 6.07) is 3.61. The molecule has 0 aliphatic rings. The van der Waals surface area contributed by atoms with Gasteiger partial charge in [0, 0.05) is 12.7 Å². The Balaban J connectivity index is 2.44. The van der Waals surface area contributed by atoms with Crippen LogP contribution in [-0.4, -0.2) is 33.9 Å². The van der Waals surface area contributed by atoms with Crippen LogP contribution in [0.3, 0.4) is 0 Å². The molecule has 1 amide bonds. The number of aliphatic hydroxyl groups is 1. The number of aromatic nitrogens is 2. The Hall–Kier alpha value is -2.28. The molecule has 0 aliphatic heterocycles. The van der Waals surface area contributed by atoms with Gasteiger partial charge >= 0.3 is 0 Å². The SMILES string of the molecule is Cc1cn(C(C)(C)C(=O)NCCO)nc1-c1c(F)cccc1F. The van der Waals surface area contributed by atoms with Crippen molar-refractivity contribution in [1.82, 2.24) is 15.1 Å². The highest BCUT2D eigenvalue weighted by Crippen LogP contribution is 2.29. The van der Waals surface area contributed by atoms with E-state index in [9.17, 15) is 13.6 Å². The van der Waals surface area contributed by atoms with Crippen LogP contribution < -0.4 is 5.32 Å². The average molecular weight is 323 g/mol. The van der Waals surface area contributed by atoms with Crippen molar-refractivity contribution in [2.45, 2.75) is 26.3 Å². The Bertz CT molecular complexity index is 706. The van der Waals surface area contributed by atoms with E-state index in [2.05, 4.69) is 10.4 Å². The largest absolute Gasteiger partial charge is 0.395 e. The smallest absolute Gasteiger partial charge is 0.247 e. The van der Waals surface area contributed by atoms with E-state index in [1.807, 2.05) is 0 Å². The number of carbonyl (C=O) groups is 1. The van der Waals surface area contributed by atoms with E-state index in [1.54, 1.807) is 27.0 Å². The molecule has 0 fully saturated rings. The summed E-state index contributed by atoms with van der Waals surface area (Å²) in [5, 5.41) is 15.6. The fourth-order valence-electron chi connectivity index (χ4n) is 2.21. The Kier molecular flexibility index (Phi) is 4.79. The van der Waals surface area contributed by atoms with Crippen LogP contribution in [0.1, 0.15) is 19.4 Å². The van der Waals surface area contributed by atoms with Crippen LogP contribution in [0.2, 0.25) is 0 Å². The van der Waals surface area contributed by atoms with Crippen LogP contribution in [0.5, 0.6) is 0 Å². The molecule has 0 saturated heterocycles. The van der Waals surface area contributed by atoms with E-state index < -0.39 is 17.2 Å². The molecular formula is C16H19F2N3O2. The van der Waals surface area contributed by atoms with Crippen molar-refractivity contribution >= 4 is 5.91 Å². The molecule has 0 atom stereocenters. The summed E-state index contributed by atoms with van der Waals surface area (Å²) >= 11 is 0. The highest BCUT2D eigenvalue weighted by atomic mass is 19.1. The van der Waals surface area contributed by atoms with Gasteiger partial charge in [-0.1, -0.05) is 6.07 Å². The van der Waals surface area contributed by atoms with Crippen LogP contribution in [-0.2, 0) is 10.3 Å². The second kappa shape index (κ2) is 6.45. The van der Waals surface area contributed by atoms with Gasteiger partial charge in [0.1, 0.15) is 22.9 Å². The maximum atomic E-state index is 14.0. The Labute approximate surface area is 132 Å². The van der Waals surface area contributed by atoms with Crippen LogP contribution in [0, 0.1) is 18.6 Å². The van der Waals surface area contributed by atoms with E-state index in [0.29, 0.717) is 5.56 Å². The Morgan fingerprint density at radius 1 is 1.35 bits per heavy atom. The van der Waals surface area contributed by atoms with Crippen molar-refractivity contribution in [2.24, 2.45) is 0 Å². The van der Waals surface area contributed by atoms with Gasteiger partial charge in [-0.2, -0.15) is 5.10 Å². The molecule has 23 heavy (non-hydrogen) atoms. The first-order valence-corrected chi connectivity index (χ1v) is 7.19. The second-order valence-corrected chi connectivity index (χ2v) is 5.74. The predicted octanol–water partition coefficient (Wildman–Crippen LogP) is 1.98. The van der Waals surface area contributed by atoms with Crippen LogP contribution >= 0.6 is 0 Å². The van der Waals surface area contributed by atoms with Crippen molar-refractivity contribution in [3.63, 3.8) is 0 Å². The monoisotopic (exact) mass is 323 g/mol. The Morgan fingerprint density at radius 2 is 1.96 bits per heavy atom. The maximum Gasteiger partial charge on any atom is 0.247 e.